The van der Waals surface area contributed by atoms with Gasteiger partial charge in [0.2, 0.25) is 10.0 Å². The summed E-state index contributed by atoms with van der Waals surface area (Å²) < 4.78 is 31.2. The first-order valence-corrected chi connectivity index (χ1v) is 7.89. The Morgan fingerprint density at radius 1 is 1.10 bits per heavy atom. The van der Waals surface area contributed by atoms with E-state index in [1.807, 2.05) is 18.2 Å². The molecule has 2 aromatic rings. The molecule has 0 saturated heterocycles. The smallest absolute Gasteiger partial charge is 0.242 e. The quantitative estimate of drug-likeness (QED) is 0.869. The first-order chi connectivity index (χ1) is 9.32. The standard InChI is InChI=1S/C15H19NO3S/c1-11(2)14-8-9-15(19-14)12-6-5-7-13(10-12)20(17,18)16(3)4/h5-11H,1-4H3. The van der Waals surface area contributed by atoms with Crippen LogP contribution >= 0.6 is 0 Å². The topological polar surface area (TPSA) is 50.5 Å². The molecule has 0 aliphatic heterocycles. The molecule has 4 nitrogen and oxygen atoms in total. The normalized spacial score (nSPS) is 12.3. The fourth-order valence-electron chi connectivity index (χ4n) is 1.84. The molecule has 1 aromatic carbocycles. The van der Waals surface area contributed by atoms with Gasteiger partial charge >= 0.3 is 0 Å². The van der Waals surface area contributed by atoms with Crippen LogP contribution in [-0.2, 0) is 10.0 Å². The largest absolute Gasteiger partial charge is 0.461 e. The lowest BCUT2D eigenvalue weighted by atomic mass is 10.1. The van der Waals surface area contributed by atoms with Gasteiger partial charge in [-0.3, -0.25) is 0 Å². The maximum Gasteiger partial charge on any atom is 0.242 e. The Morgan fingerprint density at radius 2 is 1.80 bits per heavy atom. The zero-order chi connectivity index (χ0) is 14.9. The number of nitrogens with zero attached hydrogens (tertiary/aromatic N) is 1. The lowest BCUT2D eigenvalue weighted by Crippen LogP contribution is -2.22. The second-order valence-corrected chi connectivity index (χ2v) is 7.32. The van der Waals surface area contributed by atoms with Gasteiger partial charge in [0.1, 0.15) is 11.5 Å². The highest BCUT2D eigenvalue weighted by atomic mass is 32.2. The van der Waals surface area contributed by atoms with Gasteiger partial charge in [-0.2, -0.15) is 0 Å². The van der Waals surface area contributed by atoms with Crippen LogP contribution in [0.5, 0.6) is 0 Å². The van der Waals surface area contributed by atoms with Crippen molar-refractivity contribution in [1.82, 2.24) is 4.31 Å². The van der Waals surface area contributed by atoms with Gasteiger partial charge in [-0.05, 0) is 24.3 Å². The Bertz CT molecular complexity index is 699. The van der Waals surface area contributed by atoms with E-state index in [1.165, 1.54) is 18.4 Å². The summed E-state index contributed by atoms with van der Waals surface area (Å²) in [4.78, 5) is 0.266. The van der Waals surface area contributed by atoms with Crippen LogP contribution in [0.25, 0.3) is 11.3 Å². The molecule has 0 spiro atoms. The molecule has 0 unspecified atom stereocenters. The molecule has 0 N–H and O–H groups in total. The predicted octanol–water partition coefficient (Wildman–Crippen LogP) is 3.32. The van der Waals surface area contributed by atoms with Gasteiger partial charge in [-0.1, -0.05) is 26.0 Å². The van der Waals surface area contributed by atoms with Crippen LogP contribution in [0, 0.1) is 0 Å². The molecule has 0 atom stereocenters. The fraction of sp³-hybridized carbons (Fsp3) is 0.333. The Labute approximate surface area is 120 Å². The monoisotopic (exact) mass is 293 g/mol. The molecule has 1 heterocycles. The average molecular weight is 293 g/mol. The van der Waals surface area contributed by atoms with E-state index in [4.69, 9.17) is 4.42 Å². The highest BCUT2D eigenvalue weighted by Crippen LogP contribution is 2.28. The SMILES string of the molecule is CC(C)c1ccc(-c2cccc(S(=O)(=O)N(C)C)c2)o1. The van der Waals surface area contributed by atoms with Crippen molar-refractivity contribution in [3.8, 4) is 11.3 Å². The lowest BCUT2D eigenvalue weighted by Gasteiger charge is -2.11. The zero-order valence-corrected chi connectivity index (χ0v) is 12.9. The Balaban J connectivity index is 2.44. The molecule has 0 fully saturated rings. The third kappa shape index (κ3) is 2.78. The second-order valence-electron chi connectivity index (χ2n) is 5.17. The van der Waals surface area contributed by atoms with E-state index in [0.29, 0.717) is 11.7 Å². The van der Waals surface area contributed by atoms with E-state index in [2.05, 4.69) is 13.8 Å². The summed E-state index contributed by atoms with van der Waals surface area (Å²) in [6.07, 6.45) is 0. The van der Waals surface area contributed by atoms with E-state index < -0.39 is 10.0 Å². The minimum atomic E-state index is -3.43. The van der Waals surface area contributed by atoms with Crippen molar-refractivity contribution >= 4 is 10.0 Å². The van der Waals surface area contributed by atoms with Gasteiger partial charge in [0.25, 0.3) is 0 Å². The molecule has 108 valence electrons. The molecule has 0 amide bonds. The maximum atomic E-state index is 12.1. The maximum absolute atomic E-state index is 12.1. The number of sulfonamides is 1. The predicted molar refractivity (Wildman–Crippen MR) is 79.1 cm³/mol. The zero-order valence-electron chi connectivity index (χ0n) is 12.1. The molecule has 0 saturated carbocycles. The number of hydrogen-bond acceptors (Lipinski definition) is 3. The Morgan fingerprint density at radius 3 is 2.35 bits per heavy atom. The third-order valence-corrected chi connectivity index (χ3v) is 4.90. The van der Waals surface area contributed by atoms with E-state index in [-0.39, 0.29) is 4.90 Å². The van der Waals surface area contributed by atoms with Gasteiger partial charge in [-0.15, -0.1) is 0 Å². The molecule has 2 rings (SSSR count). The molecule has 5 heteroatoms. The first-order valence-electron chi connectivity index (χ1n) is 6.45. The van der Waals surface area contributed by atoms with Crippen LogP contribution in [0.15, 0.2) is 45.7 Å². The molecular formula is C15H19NO3S. The number of hydrogen-bond donors (Lipinski definition) is 0. The third-order valence-electron chi connectivity index (χ3n) is 3.09. The number of benzene rings is 1. The minimum Gasteiger partial charge on any atom is -0.461 e. The lowest BCUT2D eigenvalue weighted by molar-refractivity contribution is 0.498. The molecule has 0 aliphatic rings. The van der Waals surface area contributed by atoms with Gasteiger partial charge in [0.15, 0.2) is 0 Å². The first kappa shape index (κ1) is 14.8. The van der Waals surface area contributed by atoms with Gasteiger partial charge < -0.3 is 4.42 Å². The number of furan rings is 1. The summed E-state index contributed by atoms with van der Waals surface area (Å²) in [5.74, 6) is 1.88. The molecule has 0 radical (unpaired) electrons. The summed E-state index contributed by atoms with van der Waals surface area (Å²) in [6, 6.07) is 10.6. The summed E-state index contributed by atoms with van der Waals surface area (Å²) in [5, 5.41) is 0. The molecule has 20 heavy (non-hydrogen) atoms. The fourth-order valence-corrected chi connectivity index (χ4v) is 2.79. The highest BCUT2D eigenvalue weighted by molar-refractivity contribution is 7.89. The summed E-state index contributed by atoms with van der Waals surface area (Å²) >= 11 is 0. The Kier molecular flexibility index (Phi) is 4.01. The van der Waals surface area contributed by atoms with Crippen molar-refractivity contribution in [2.45, 2.75) is 24.7 Å². The van der Waals surface area contributed by atoms with Crippen LogP contribution in [0.2, 0.25) is 0 Å². The molecule has 0 bridgehead atoms. The van der Waals surface area contributed by atoms with Crippen molar-refractivity contribution in [3.63, 3.8) is 0 Å². The van der Waals surface area contributed by atoms with Crippen molar-refractivity contribution in [2.24, 2.45) is 0 Å². The summed E-state index contributed by atoms with van der Waals surface area (Å²) in [6.45, 7) is 4.10. The van der Waals surface area contributed by atoms with Crippen molar-refractivity contribution in [2.75, 3.05) is 14.1 Å². The Hall–Kier alpha value is -1.59. The average Bonchev–Trinajstić information content (AvgIpc) is 2.88. The van der Waals surface area contributed by atoms with E-state index in [9.17, 15) is 8.42 Å². The van der Waals surface area contributed by atoms with Crippen LogP contribution in [-0.4, -0.2) is 26.8 Å². The summed E-state index contributed by atoms with van der Waals surface area (Å²) in [5.41, 5.74) is 0.764. The van der Waals surface area contributed by atoms with E-state index in [0.717, 1.165) is 11.3 Å². The van der Waals surface area contributed by atoms with Crippen molar-refractivity contribution in [1.29, 1.82) is 0 Å². The van der Waals surface area contributed by atoms with Crippen molar-refractivity contribution < 1.29 is 12.8 Å². The van der Waals surface area contributed by atoms with Crippen LogP contribution < -0.4 is 0 Å². The van der Waals surface area contributed by atoms with Gasteiger partial charge in [0.05, 0.1) is 4.90 Å². The van der Waals surface area contributed by atoms with E-state index in [1.54, 1.807) is 18.2 Å². The van der Waals surface area contributed by atoms with Crippen LogP contribution in [0.1, 0.15) is 25.5 Å². The molecule has 0 aliphatic carbocycles. The van der Waals surface area contributed by atoms with E-state index >= 15 is 0 Å². The molecule has 1 aromatic heterocycles. The highest BCUT2D eigenvalue weighted by Gasteiger charge is 2.18. The second kappa shape index (κ2) is 5.42. The van der Waals surface area contributed by atoms with Crippen molar-refractivity contribution in [3.05, 3.63) is 42.2 Å². The molecular weight excluding hydrogens is 274 g/mol. The minimum absolute atomic E-state index is 0.266. The number of rotatable bonds is 4. The van der Waals surface area contributed by atoms with Gasteiger partial charge in [-0.25, -0.2) is 12.7 Å². The van der Waals surface area contributed by atoms with Crippen LogP contribution in [0.4, 0.5) is 0 Å². The van der Waals surface area contributed by atoms with Gasteiger partial charge in [0, 0.05) is 25.6 Å². The summed E-state index contributed by atoms with van der Waals surface area (Å²) in [7, 11) is -0.386. The van der Waals surface area contributed by atoms with Crippen LogP contribution in [0.3, 0.4) is 0 Å².